The summed E-state index contributed by atoms with van der Waals surface area (Å²) in [5.41, 5.74) is 1.45. The van der Waals surface area contributed by atoms with Gasteiger partial charge in [0.2, 0.25) is 0 Å². The molecule has 52 heavy (non-hydrogen) atoms. The molecule has 0 saturated heterocycles. The molecule has 8 aromatic carbocycles. The van der Waals surface area contributed by atoms with Crippen LogP contribution in [-0.2, 0) is 6.42 Å². The normalized spacial score (nSPS) is 12.2. The van der Waals surface area contributed by atoms with Crippen molar-refractivity contribution < 1.29 is 0 Å². The maximum Gasteiger partial charge on any atom is 0.0143 e. The van der Waals surface area contributed by atoms with Crippen molar-refractivity contribution in [3.63, 3.8) is 0 Å². The number of fused-ring (bicyclic) bond motifs is 2. The van der Waals surface area contributed by atoms with Crippen molar-refractivity contribution in [3.8, 4) is 0 Å². The maximum absolute atomic E-state index is 2.46. The molecule has 0 amide bonds. The molecule has 0 atom stereocenters. The number of hydrogen-bond donors (Lipinski definition) is 0. The minimum atomic E-state index is -1.96. The Balaban J connectivity index is 0.00000207. The summed E-state index contributed by atoms with van der Waals surface area (Å²) < 4.78 is 0. The lowest BCUT2D eigenvalue weighted by atomic mass is 10.0. The largest absolute Gasteiger partial charge is 0.143 e. The summed E-state index contributed by atoms with van der Waals surface area (Å²) in [6.07, 6.45) is 3.30. The summed E-state index contributed by atoms with van der Waals surface area (Å²) in [5.74, 6) is 1.08. The van der Waals surface area contributed by atoms with Crippen molar-refractivity contribution in [1.82, 2.24) is 0 Å². The Morgan fingerprint density at radius 1 is 0.346 bits per heavy atom. The molecule has 0 saturated carbocycles. The van der Waals surface area contributed by atoms with Crippen LogP contribution in [0.15, 0.2) is 231 Å². The molecule has 0 aromatic heterocycles. The third-order valence-electron chi connectivity index (χ3n) is 9.89. The molecule has 0 fully saturated rings. The van der Waals surface area contributed by atoms with Gasteiger partial charge >= 0.3 is 0 Å². The molecule has 260 valence electrons. The third kappa shape index (κ3) is 6.47. The van der Waals surface area contributed by atoms with E-state index in [0.29, 0.717) is 0 Å². The molecule has 0 nitrogen and oxygen atoms in total. The van der Waals surface area contributed by atoms with Gasteiger partial charge in [-0.2, -0.15) is 0 Å². The van der Waals surface area contributed by atoms with Gasteiger partial charge in [0.1, 0.15) is 0 Å². The number of benzene rings is 8. The molecule has 0 spiro atoms. The SMILES string of the molecule is CC.c1ccc(S(CCCCc2cccc3ccccc23)(c2ccccc2)S(c2ccccc2)(c2ccccc2)c2cccc3ccccc23)cc1. The molecule has 8 aromatic rings. The predicted molar refractivity (Wildman–Crippen MR) is 229 cm³/mol. The average molecular weight is 713 g/mol. The molecule has 0 heterocycles. The molecule has 2 heteroatoms. The predicted octanol–water partition coefficient (Wildman–Crippen LogP) is 15.2. The minimum Gasteiger partial charge on any atom is -0.143 e. The lowest BCUT2D eigenvalue weighted by Gasteiger charge is -2.61. The summed E-state index contributed by atoms with van der Waals surface area (Å²) in [7, 11) is -3.78. The van der Waals surface area contributed by atoms with Gasteiger partial charge in [0.25, 0.3) is 0 Å². The van der Waals surface area contributed by atoms with E-state index in [0.717, 1.165) is 25.0 Å². The highest BCUT2D eigenvalue weighted by Crippen LogP contribution is 2.97. The van der Waals surface area contributed by atoms with Crippen molar-refractivity contribution in [3.05, 3.63) is 212 Å². The van der Waals surface area contributed by atoms with E-state index >= 15 is 0 Å². The van der Waals surface area contributed by atoms with Crippen molar-refractivity contribution in [1.29, 1.82) is 0 Å². The van der Waals surface area contributed by atoms with E-state index in [4.69, 9.17) is 0 Å². The van der Waals surface area contributed by atoms with Crippen LogP contribution in [0.5, 0.6) is 0 Å². The van der Waals surface area contributed by atoms with Crippen molar-refractivity contribution >= 4 is 39.7 Å². The Labute approximate surface area is 313 Å². The van der Waals surface area contributed by atoms with Crippen LogP contribution in [0, 0.1) is 0 Å². The quantitative estimate of drug-likeness (QED) is 0.0925. The lowest BCUT2D eigenvalue weighted by molar-refractivity contribution is 0.803. The Kier molecular flexibility index (Phi) is 11.3. The maximum atomic E-state index is 2.46. The van der Waals surface area contributed by atoms with E-state index in [1.54, 1.807) is 0 Å². The molecule has 0 radical (unpaired) electrons. The number of aryl methyl sites for hydroxylation is 1. The van der Waals surface area contributed by atoms with Crippen molar-refractivity contribution in [2.24, 2.45) is 0 Å². The molecule has 0 aliphatic rings. The van der Waals surface area contributed by atoms with Gasteiger partial charge in [-0.25, -0.2) is 0 Å². The van der Waals surface area contributed by atoms with Crippen molar-refractivity contribution in [2.75, 3.05) is 5.75 Å². The van der Waals surface area contributed by atoms with Gasteiger partial charge < -0.3 is 0 Å². The zero-order valence-corrected chi connectivity index (χ0v) is 31.9. The minimum absolute atomic E-state index is 1.06. The van der Waals surface area contributed by atoms with Gasteiger partial charge in [-0.05, 0) is 107 Å². The standard InChI is InChI=1S/C48H42S2.C2H6/c1-5-27-42(28-6-1)49(43-29-7-2-8-30-43,38-18-17-23-40-25-19-24-39-21-13-15-35-46(39)40)50(44-31-9-3-10-32-44,45-33-11-4-12-34-45)48-37-20-26-41-22-14-16-36-47(41)48;1-2/h1-16,19-22,24-37H,17-18,23,38H2;1-2H3. The van der Waals surface area contributed by atoms with Gasteiger partial charge in [-0.3, -0.25) is 0 Å². The first-order valence-corrected chi connectivity index (χ1v) is 22.6. The summed E-state index contributed by atoms with van der Waals surface area (Å²) in [6, 6.07) is 77.9. The summed E-state index contributed by atoms with van der Waals surface area (Å²) >= 11 is 0. The fraction of sp³-hybridized carbons (Fsp3) is 0.120. The zero-order valence-electron chi connectivity index (χ0n) is 30.3. The second kappa shape index (κ2) is 16.5. The van der Waals surface area contributed by atoms with Crippen LogP contribution in [0.4, 0.5) is 0 Å². The molecule has 8 rings (SSSR count). The second-order valence-electron chi connectivity index (χ2n) is 12.8. The summed E-state index contributed by atoms with van der Waals surface area (Å²) in [6.45, 7) is 4.00. The highest BCUT2D eigenvalue weighted by atomic mass is 33.2. The van der Waals surface area contributed by atoms with Crippen LogP contribution in [0.2, 0.25) is 0 Å². The van der Waals surface area contributed by atoms with Gasteiger partial charge in [-0.1, -0.05) is 166 Å². The topological polar surface area (TPSA) is 0 Å². The summed E-state index contributed by atoms with van der Waals surface area (Å²) in [4.78, 5) is 7.18. The van der Waals surface area contributed by atoms with E-state index in [9.17, 15) is 0 Å². The van der Waals surface area contributed by atoms with Crippen LogP contribution >= 0.6 is 18.1 Å². The van der Waals surface area contributed by atoms with E-state index < -0.39 is 18.1 Å². The first-order valence-electron chi connectivity index (χ1n) is 18.6. The first kappa shape index (κ1) is 35.4. The molecular formula is C50H48S2. The molecular weight excluding hydrogens is 665 g/mol. The van der Waals surface area contributed by atoms with Gasteiger partial charge in [0, 0.05) is 24.5 Å². The van der Waals surface area contributed by atoms with E-state index in [1.807, 2.05) is 13.8 Å². The van der Waals surface area contributed by atoms with Crippen LogP contribution in [0.25, 0.3) is 21.5 Å². The fourth-order valence-electron chi connectivity index (χ4n) is 7.74. The monoisotopic (exact) mass is 712 g/mol. The highest BCUT2D eigenvalue weighted by Gasteiger charge is 2.49. The Morgan fingerprint density at radius 3 is 1.29 bits per heavy atom. The van der Waals surface area contributed by atoms with E-state index in [2.05, 4.69) is 206 Å². The number of rotatable bonds is 11. The van der Waals surface area contributed by atoms with E-state index in [-0.39, 0.29) is 0 Å². The van der Waals surface area contributed by atoms with Crippen molar-refractivity contribution in [2.45, 2.75) is 57.6 Å². The van der Waals surface area contributed by atoms with E-state index in [1.165, 1.54) is 51.6 Å². The lowest BCUT2D eigenvalue weighted by Crippen LogP contribution is -2.19. The Hall–Kier alpha value is -5.02. The Morgan fingerprint density at radius 2 is 0.750 bits per heavy atom. The summed E-state index contributed by atoms with van der Waals surface area (Å²) in [5, 5.41) is 5.34. The molecule has 0 unspecified atom stereocenters. The smallest absolute Gasteiger partial charge is 0.0143 e. The second-order valence-corrected chi connectivity index (χ2v) is 21.2. The van der Waals surface area contributed by atoms with Crippen LogP contribution < -0.4 is 0 Å². The first-order chi connectivity index (χ1) is 25.8. The fourth-order valence-corrected chi connectivity index (χ4v) is 22.2. The number of hydrogen-bond acceptors (Lipinski definition) is 0. The van der Waals surface area contributed by atoms with Crippen LogP contribution in [0.3, 0.4) is 0 Å². The zero-order chi connectivity index (χ0) is 35.6. The molecule has 0 aliphatic heterocycles. The van der Waals surface area contributed by atoms with Crippen LogP contribution in [0.1, 0.15) is 32.3 Å². The number of unbranched alkanes of at least 4 members (excludes halogenated alkanes) is 1. The van der Waals surface area contributed by atoms with Gasteiger partial charge in [0.15, 0.2) is 0 Å². The van der Waals surface area contributed by atoms with Gasteiger partial charge in [0.05, 0.1) is 0 Å². The van der Waals surface area contributed by atoms with Gasteiger partial charge in [-0.15, -0.1) is 18.1 Å². The molecule has 0 N–H and O–H groups in total. The Bertz CT molecular complexity index is 2230. The third-order valence-corrected chi connectivity index (χ3v) is 22.4. The average Bonchev–Trinajstić information content (AvgIpc) is 3.24. The molecule has 0 bridgehead atoms. The highest BCUT2D eigenvalue weighted by molar-refractivity contribution is 9.08. The van der Waals surface area contributed by atoms with Crippen LogP contribution in [-0.4, -0.2) is 5.75 Å². The molecule has 0 aliphatic carbocycles.